The monoisotopic (exact) mass is 410 g/mol. The fourth-order valence-electron chi connectivity index (χ4n) is 2.10. The quantitative estimate of drug-likeness (QED) is 0.641. The van der Waals surface area contributed by atoms with Crippen molar-refractivity contribution in [1.29, 1.82) is 0 Å². The van der Waals surface area contributed by atoms with E-state index in [9.17, 15) is 22.4 Å². The van der Waals surface area contributed by atoms with Crippen LogP contribution in [-0.4, -0.2) is 40.1 Å². The van der Waals surface area contributed by atoms with Crippen LogP contribution in [0.1, 0.15) is 6.92 Å². The molecular weight excluding hydrogens is 391 g/mol. The normalized spacial score (nSPS) is 12.1. The molecule has 150 valence electrons. The summed E-state index contributed by atoms with van der Waals surface area (Å²) in [5.41, 5.74) is 0.329. The van der Waals surface area contributed by atoms with Gasteiger partial charge in [-0.2, -0.15) is 4.72 Å². The van der Waals surface area contributed by atoms with Crippen LogP contribution in [0.4, 0.5) is 10.1 Å². The van der Waals surface area contributed by atoms with E-state index in [0.29, 0.717) is 11.4 Å². The molecule has 2 aromatic rings. The van der Waals surface area contributed by atoms with E-state index < -0.39 is 40.4 Å². The molecule has 8 nitrogen and oxygen atoms in total. The summed E-state index contributed by atoms with van der Waals surface area (Å²) in [5, 5.41) is 2.41. The van der Waals surface area contributed by atoms with Crippen LogP contribution in [-0.2, 0) is 24.3 Å². The summed E-state index contributed by atoms with van der Waals surface area (Å²) >= 11 is 0. The number of halogens is 1. The lowest BCUT2D eigenvalue weighted by Crippen LogP contribution is -2.40. The van der Waals surface area contributed by atoms with Crippen molar-refractivity contribution in [3.8, 4) is 5.75 Å². The molecule has 0 aliphatic rings. The number of hydrogen-bond donors (Lipinski definition) is 2. The fourth-order valence-corrected chi connectivity index (χ4v) is 3.29. The fraction of sp³-hybridized carbons (Fsp3) is 0.222. The van der Waals surface area contributed by atoms with E-state index in [1.807, 2.05) is 0 Å². The van der Waals surface area contributed by atoms with Crippen molar-refractivity contribution in [1.82, 2.24) is 4.72 Å². The first-order chi connectivity index (χ1) is 13.2. The molecule has 0 fully saturated rings. The number of esters is 1. The molecule has 0 saturated carbocycles. The van der Waals surface area contributed by atoms with E-state index in [-0.39, 0.29) is 4.90 Å². The van der Waals surface area contributed by atoms with Crippen molar-refractivity contribution in [2.75, 3.05) is 19.0 Å². The minimum Gasteiger partial charge on any atom is -0.497 e. The van der Waals surface area contributed by atoms with Gasteiger partial charge in [0.25, 0.3) is 5.91 Å². The van der Waals surface area contributed by atoms with Gasteiger partial charge in [-0.05, 0) is 55.5 Å². The Morgan fingerprint density at radius 2 is 1.68 bits per heavy atom. The zero-order chi connectivity index (χ0) is 20.7. The highest BCUT2D eigenvalue weighted by Crippen LogP contribution is 2.15. The van der Waals surface area contributed by atoms with Gasteiger partial charge in [0.1, 0.15) is 17.6 Å². The van der Waals surface area contributed by atoms with Crippen LogP contribution in [0, 0.1) is 5.82 Å². The highest BCUT2D eigenvalue weighted by molar-refractivity contribution is 7.89. The Bertz CT molecular complexity index is 930. The number of hydrogen-bond acceptors (Lipinski definition) is 6. The minimum absolute atomic E-state index is 0.0537. The van der Waals surface area contributed by atoms with Crippen LogP contribution in [0.25, 0.3) is 0 Å². The second-order valence-electron chi connectivity index (χ2n) is 5.68. The van der Waals surface area contributed by atoms with Gasteiger partial charge in [0.15, 0.2) is 6.61 Å². The van der Waals surface area contributed by atoms with Gasteiger partial charge >= 0.3 is 5.97 Å². The summed E-state index contributed by atoms with van der Waals surface area (Å²) in [6.07, 6.45) is 0. The molecule has 0 unspecified atom stereocenters. The van der Waals surface area contributed by atoms with E-state index in [4.69, 9.17) is 9.47 Å². The molecule has 28 heavy (non-hydrogen) atoms. The van der Waals surface area contributed by atoms with Crippen LogP contribution in [0.5, 0.6) is 5.75 Å². The number of benzene rings is 2. The number of ether oxygens (including phenoxy) is 2. The Morgan fingerprint density at radius 1 is 1.07 bits per heavy atom. The van der Waals surface area contributed by atoms with Gasteiger partial charge in [-0.25, -0.2) is 12.8 Å². The molecule has 10 heteroatoms. The first-order valence-electron chi connectivity index (χ1n) is 8.09. The van der Waals surface area contributed by atoms with Crippen LogP contribution in [0.3, 0.4) is 0 Å². The van der Waals surface area contributed by atoms with Gasteiger partial charge in [0.05, 0.1) is 12.0 Å². The molecule has 0 bridgehead atoms. The van der Waals surface area contributed by atoms with Crippen LogP contribution >= 0.6 is 0 Å². The van der Waals surface area contributed by atoms with Crippen molar-refractivity contribution in [3.05, 3.63) is 54.3 Å². The number of amides is 1. The van der Waals surface area contributed by atoms with Gasteiger partial charge < -0.3 is 14.8 Å². The highest BCUT2D eigenvalue weighted by atomic mass is 32.2. The molecule has 1 amide bonds. The Kier molecular flexibility index (Phi) is 7.07. The third-order valence-corrected chi connectivity index (χ3v) is 5.09. The lowest BCUT2D eigenvalue weighted by Gasteiger charge is -2.14. The lowest BCUT2D eigenvalue weighted by molar-refractivity contribution is -0.148. The average molecular weight is 410 g/mol. The molecule has 1 atom stereocenters. The van der Waals surface area contributed by atoms with Crippen LogP contribution < -0.4 is 14.8 Å². The lowest BCUT2D eigenvalue weighted by atomic mass is 10.3. The molecule has 2 rings (SSSR count). The highest BCUT2D eigenvalue weighted by Gasteiger charge is 2.23. The predicted molar refractivity (Wildman–Crippen MR) is 98.8 cm³/mol. The van der Waals surface area contributed by atoms with Gasteiger partial charge in [-0.1, -0.05) is 0 Å². The second kappa shape index (κ2) is 9.29. The predicted octanol–water partition coefficient (Wildman–Crippen LogP) is 1.68. The summed E-state index contributed by atoms with van der Waals surface area (Å²) < 4.78 is 49.3. The van der Waals surface area contributed by atoms with Crippen molar-refractivity contribution >= 4 is 27.6 Å². The third-order valence-electron chi connectivity index (χ3n) is 3.53. The zero-order valence-electron chi connectivity index (χ0n) is 15.1. The summed E-state index contributed by atoms with van der Waals surface area (Å²) in [5.74, 6) is -1.54. The Hall–Kier alpha value is -2.98. The molecule has 2 aromatic carbocycles. The van der Waals surface area contributed by atoms with Crippen molar-refractivity contribution in [2.45, 2.75) is 17.9 Å². The van der Waals surface area contributed by atoms with Crippen molar-refractivity contribution in [3.63, 3.8) is 0 Å². The van der Waals surface area contributed by atoms with Crippen LogP contribution in [0.2, 0.25) is 0 Å². The molecule has 0 aliphatic heterocycles. The molecule has 0 aliphatic carbocycles. The van der Waals surface area contributed by atoms with Crippen LogP contribution in [0.15, 0.2) is 53.4 Å². The average Bonchev–Trinajstić information content (AvgIpc) is 2.67. The van der Waals surface area contributed by atoms with Crippen molar-refractivity contribution in [2.24, 2.45) is 0 Å². The Morgan fingerprint density at radius 3 is 2.25 bits per heavy atom. The van der Waals surface area contributed by atoms with Gasteiger partial charge in [-0.3, -0.25) is 9.59 Å². The van der Waals surface area contributed by atoms with Gasteiger partial charge in [-0.15, -0.1) is 0 Å². The number of anilines is 1. The topological polar surface area (TPSA) is 111 Å². The summed E-state index contributed by atoms with van der Waals surface area (Å²) in [6.45, 7) is 0.673. The molecule has 0 aromatic heterocycles. The second-order valence-corrected chi connectivity index (χ2v) is 7.40. The molecule has 0 saturated heterocycles. The molecule has 0 heterocycles. The smallest absolute Gasteiger partial charge is 0.324 e. The summed E-state index contributed by atoms with van der Waals surface area (Å²) in [4.78, 5) is 23.7. The number of nitrogens with one attached hydrogen (secondary N) is 2. The van der Waals surface area contributed by atoms with E-state index in [0.717, 1.165) is 12.1 Å². The molecule has 2 N–H and O–H groups in total. The first-order valence-corrected chi connectivity index (χ1v) is 9.58. The van der Waals surface area contributed by atoms with E-state index in [1.54, 1.807) is 0 Å². The molecular formula is C18H19FN2O6S. The minimum atomic E-state index is -3.96. The van der Waals surface area contributed by atoms with Gasteiger partial charge in [0, 0.05) is 5.69 Å². The molecule has 0 spiro atoms. The number of rotatable bonds is 8. The summed E-state index contributed by atoms with van der Waals surface area (Å²) in [7, 11) is -2.51. The molecule has 0 radical (unpaired) electrons. The maximum absolute atomic E-state index is 12.8. The maximum Gasteiger partial charge on any atom is 0.324 e. The summed E-state index contributed by atoms with van der Waals surface area (Å²) in [6, 6.07) is 9.40. The van der Waals surface area contributed by atoms with E-state index in [2.05, 4.69) is 10.0 Å². The largest absolute Gasteiger partial charge is 0.497 e. The zero-order valence-corrected chi connectivity index (χ0v) is 16.0. The number of sulfonamides is 1. The third kappa shape index (κ3) is 6.03. The van der Waals surface area contributed by atoms with Gasteiger partial charge in [0.2, 0.25) is 10.0 Å². The van der Waals surface area contributed by atoms with E-state index in [1.165, 1.54) is 50.4 Å². The van der Waals surface area contributed by atoms with Crippen molar-refractivity contribution < 1.29 is 31.9 Å². The number of carbonyl (C=O) groups is 2. The Balaban J connectivity index is 1.87. The number of carbonyl (C=O) groups excluding carboxylic acids is 2. The maximum atomic E-state index is 12.8. The Labute approximate surface area is 161 Å². The SMILES string of the molecule is COc1ccc(S(=O)(=O)N[C@@H](C)C(=O)OCC(=O)Nc2ccc(F)cc2)cc1. The first kappa shape index (κ1) is 21.3. The number of methoxy groups -OCH3 is 1. The standard InChI is InChI=1S/C18H19FN2O6S/c1-12(21-28(24,25)16-9-7-15(26-2)8-10-16)18(23)27-11-17(22)20-14-5-3-13(19)4-6-14/h3-10,12,21H,11H2,1-2H3,(H,20,22)/t12-/m0/s1. The van der Waals surface area contributed by atoms with E-state index >= 15 is 0 Å².